The molecule has 0 amide bonds. The van der Waals surface area contributed by atoms with Crippen molar-refractivity contribution < 1.29 is 9.47 Å². The quantitative estimate of drug-likeness (QED) is 0.680. The summed E-state index contributed by atoms with van der Waals surface area (Å²) in [5.41, 5.74) is 7.41. The van der Waals surface area contributed by atoms with Gasteiger partial charge in [-0.2, -0.15) is 0 Å². The van der Waals surface area contributed by atoms with Crippen LogP contribution in [0.3, 0.4) is 0 Å². The van der Waals surface area contributed by atoms with Gasteiger partial charge in [-0.1, -0.05) is 0 Å². The van der Waals surface area contributed by atoms with Crippen LogP contribution in [0.4, 0.5) is 11.4 Å². The molecule has 76 valence electrons. The van der Waals surface area contributed by atoms with Gasteiger partial charge in [0.2, 0.25) is 0 Å². The minimum atomic E-state index is 0.564. The van der Waals surface area contributed by atoms with Gasteiger partial charge in [0.1, 0.15) is 13.2 Å². The third kappa shape index (κ3) is 1.32. The topological polar surface area (TPSA) is 47.7 Å². The Kier molecular flexibility index (Phi) is 2.11. The number of nitrogens with two attached hydrogens (primary N) is 1. The highest BCUT2D eigenvalue weighted by Crippen LogP contribution is 2.42. The van der Waals surface area contributed by atoms with E-state index < -0.39 is 0 Å². The first-order valence-electron chi connectivity index (χ1n) is 4.55. The number of anilines is 2. The Morgan fingerprint density at radius 1 is 1.14 bits per heavy atom. The van der Waals surface area contributed by atoms with Crippen molar-refractivity contribution in [2.24, 2.45) is 0 Å². The molecular formula is C10H14N2O2. The van der Waals surface area contributed by atoms with Crippen molar-refractivity contribution >= 4 is 11.4 Å². The molecule has 1 heterocycles. The van der Waals surface area contributed by atoms with Crippen LogP contribution in [0.2, 0.25) is 0 Å². The Balaban J connectivity index is 2.53. The molecule has 0 bridgehead atoms. The van der Waals surface area contributed by atoms with Crippen molar-refractivity contribution in [3.63, 3.8) is 0 Å². The lowest BCUT2D eigenvalue weighted by Crippen LogP contribution is -2.19. The van der Waals surface area contributed by atoms with Gasteiger partial charge >= 0.3 is 0 Å². The monoisotopic (exact) mass is 194 g/mol. The van der Waals surface area contributed by atoms with Gasteiger partial charge in [-0.3, -0.25) is 0 Å². The van der Waals surface area contributed by atoms with E-state index in [2.05, 4.69) is 0 Å². The van der Waals surface area contributed by atoms with E-state index in [9.17, 15) is 0 Å². The maximum atomic E-state index is 5.79. The summed E-state index contributed by atoms with van der Waals surface area (Å²) in [6.45, 7) is 1.14. The molecule has 14 heavy (non-hydrogen) atoms. The van der Waals surface area contributed by atoms with Crippen LogP contribution in [-0.4, -0.2) is 27.3 Å². The van der Waals surface area contributed by atoms with E-state index >= 15 is 0 Å². The number of hydrogen-bond donors (Lipinski definition) is 1. The summed E-state index contributed by atoms with van der Waals surface area (Å²) < 4.78 is 11.0. The zero-order chi connectivity index (χ0) is 10.1. The second kappa shape index (κ2) is 3.29. The molecule has 0 fully saturated rings. The van der Waals surface area contributed by atoms with E-state index in [-0.39, 0.29) is 0 Å². The van der Waals surface area contributed by atoms with Crippen LogP contribution >= 0.6 is 0 Å². The maximum Gasteiger partial charge on any atom is 0.186 e. The van der Waals surface area contributed by atoms with Crippen molar-refractivity contribution in [1.82, 2.24) is 0 Å². The first-order chi connectivity index (χ1) is 6.70. The van der Waals surface area contributed by atoms with Gasteiger partial charge in [0.15, 0.2) is 11.5 Å². The number of hydrogen-bond acceptors (Lipinski definition) is 4. The first-order valence-corrected chi connectivity index (χ1v) is 4.55. The molecule has 0 unspecified atom stereocenters. The second-order valence-corrected chi connectivity index (χ2v) is 3.42. The van der Waals surface area contributed by atoms with Crippen LogP contribution in [0.15, 0.2) is 12.1 Å². The van der Waals surface area contributed by atoms with Crippen LogP contribution in [0, 0.1) is 0 Å². The molecule has 4 nitrogen and oxygen atoms in total. The molecule has 1 aliphatic rings. The summed E-state index contributed by atoms with van der Waals surface area (Å²) in [6, 6.07) is 3.77. The number of rotatable bonds is 1. The predicted molar refractivity (Wildman–Crippen MR) is 56.2 cm³/mol. The summed E-state index contributed by atoms with van der Waals surface area (Å²) in [5.74, 6) is 1.42. The van der Waals surface area contributed by atoms with Crippen LogP contribution in [0.1, 0.15) is 0 Å². The number of benzene rings is 1. The zero-order valence-electron chi connectivity index (χ0n) is 8.41. The van der Waals surface area contributed by atoms with Crippen molar-refractivity contribution in [3.8, 4) is 11.5 Å². The molecule has 2 rings (SSSR count). The number of fused-ring (bicyclic) bond motifs is 1. The van der Waals surface area contributed by atoms with Gasteiger partial charge in [0.25, 0.3) is 0 Å². The molecule has 2 N–H and O–H groups in total. The Morgan fingerprint density at radius 2 is 1.79 bits per heavy atom. The van der Waals surface area contributed by atoms with Crippen molar-refractivity contribution in [1.29, 1.82) is 0 Å². The zero-order valence-corrected chi connectivity index (χ0v) is 8.41. The molecule has 0 saturated carbocycles. The van der Waals surface area contributed by atoms with E-state index in [1.165, 1.54) is 0 Å². The van der Waals surface area contributed by atoms with Crippen molar-refractivity contribution in [3.05, 3.63) is 12.1 Å². The molecule has 0 spiro atoms. The van der Waals surface area contributed by atoms with Crippen LogP contribution in [0.25, 0.3) is 0 Å². The van der Waals surface area contributed by atoms with E-state index in [4.69, 9.17) is 15.2 Å². The molecule has 0 radical (unpaired) electrons. The Morgan fingerprint density at radius 3 is 2.43 bits per heavy atom. The van der Waals surface area contributed by atoms with E-state index in [0.717, 1.165) is 11.4 Å². The lowest BCUT2D eigenvalue weighted by molar-refractivity contribution is 0.173. The van der Waals surface area contributed by atoms with Gasteiger partial charge in [-0.05, 0) is 12.1 Å². The van der Waals surface area contributed by atoms with Gasteiger partial charge in [-0.25, -0.2) is 0 Å². The molecule has 4 heteroatoms. The predicted octanol–water partition coefficient (Wildman–Crippen LogP) is 1.11. The number of nitrogens with zero attached hydrogens (tertiary/aromatic N) is 1. The Labute approximate surface area is 83.2 Å². The second-order valence-electron chi connectivity index (χ2n) is 3.42. The summed E-state index contributed by atoms with van der Waals surface area (Å²) >= 11 is 0. The van der Waals surface area contributed by atoms with Crippen LogP contribution < -0.4 is 20.1 Å². The minimum Gasteiger partial charge on any atom is -0.484 e. The van der Waals surface area contributed by atoms with Gasteiger partial charge in [-0.15, -0.1) is 0 Å². The summed E-state index contributed by atoms with van der Waals surface area (Å²) in [4.78, 5) is 1.98. The highest BCUT2D eigenvalue weighted by molar-refractivity contribution is 5.73. The molecule has 1 aromatic rings. The standard InChI is InChI=1S/C10H14N2O2/c1-12(2)8-4-3-7(11)9-10(8)14-6-5-13-9/h3-4H,5-6,11H2,1-2H3. The minimum absolute atomic E-state index is 0.564. The average molecular weight is 194 g/mol. The SMILES string of the molecule is CN(C)c1ccc(N)c2c1OCCO2. The molecule has 1 aliphatic heterocycles. The van der Waals surface area contributed by atoms with Crippen LogP contribution in [-0.2, 0) is 0 Å². The summed E-state index contributed by atoms with van der Waals surface area (Å²) in [6.07, 6.45) is 0. The fourth-order valence-corrected chi connectivity index (χ4v) is 1.50. The molecule has 0 aliphatic carbocycles. The highest BCUT2D eigenvalue weighted by atomic mass is 16.6. The van der Waals surface area contributed by atoms with E-state index in [1.807, 2.05) is 31.1 Å². The third-order valence-corrected chi connectivity index (χ3v) is 2.18. The Bertz CT molecular complexity index is 350. The molecule has 0 atom stereocenters. The number of ether oxygens (including phenoxy) is 2. The Hall–Kier alpha value is -1.58. The largest absolute Gasteiger partial charge is 0.484 e. The molecule has 1 aromatic carbocycles. The van der Waals surface area contributed by atoms with E-state index in [1.54, 1.807) is 0 Å². The van der Waals surface area contributed by atoms with Crippen LogP contribution in [0.5, 0.6) is 11.5 Å². The average Bonchev–Trinajstić information content (AvgIpc) is 2.18. The normalized spacial score (nSPS) is 13.9. The summed E-state index contributed by atoms with van der Waals surface area (Å²) in [5, 5.41) is 0. The smallest absolute Gasteiger partial charge is 0.186 e. The number of nitrogen functional groups attached to an aromatic ring is 1. The van der Waals surface area contributed by atoms with Gasteiger partial charge in [0.05, 0.1) is 11.4 Å². The van der Waals surface area contributed by atoms with Crippen molar-refractivity contribution in [2.75, 3.05) is 37.9 Å². The maximum absolute atomic E-state index is 5.79. The third-order valence-electron chi connectivity index (χ3n) is 2.18. The molecule has 0 aromatic heterocycles. The highest BCUT2D eigenvalue weighted by Gasteiger charge is 2.19. The molecule has 0 saturated heterocycles. The fourth-order valence-electron chi connectivity index (χ4n) is 1.50. The fraction of sp³-hybridized carbons (Fsp3) is 0.400. The summed E-state index contributed by atoms with van der Waals surface area (Å²) in [7, 11) is 3.92. The molecular weight excluding hydrogens is 180 g/mol. The van der Waals surface area contributed by atoms with Crippen molar-refractivity contribution in [2.45, 2.75) is 0 Å². The first kappa shape index (κ1) is 8.99. The van der Waals surface area contributed by atoms with Gasteiger partial charge in [0, 0.05) is 14.1 Å². The lowest BCUT2D eigenvalue weighted by atomic mass is 10.2. The lowest BCUT2D eigenvalue weighted by Gasteiger charge is -2.25. The van der Waals surface area contributed by atoms with E-state index in [0.29, 0.717) is 24.7 Å². The van der Waals surface area contributed by atoms with Gasteiger partial charge < -0.3 is 20.1 Å².